The molecule has 0 spiro atoms. The summed E-state index contributed by atoms with van der Waals surface area (Å²) in [4.78, 5) is 23.6. The quantitative estimate of drug-likeness (QED) is 0.701. The number of fused-ring (bicyclic) bond motifs is 1. The van der Waals surface area contributed by atoms with Crippen LogP contribution in [0.1, 0.15) is 29.2 Å². The van der Waals surface area contributed by atoms with Crippen LogP contribution in [-0.2, 0) is 16.0 Å². The van der Waals surface area contributed by atoms with Gasteiger partial charge in [0.15, 0.2) is 0 Å². The summed E-state index contributed by atoms with van der Waals surface area (Å²) < 4.78 is 5.68. The molecule has 1 unspecified atom stereocenters. The van der Waals surface area contributed by atoms with Gasteiger partial charge in [0.2, 0.25) is 11.8 Å². The predicted octanol–water partition coefficient (Wildman–Crippen LogP) is 1.71. The lowest BCUT2D eigenvalue weighted by atomic mass is 9.95. The fourth-order valence-corrected chi connectivity index (χ4v) is 3.03. The van der Waals surface area contributed by atoms with Crippen LogP contribution in [0.15, 0.2) is 48.5 Å². The van der Waals surface area contributed by atoms with Gasteiger partial charge < -0.3 is 21.1 Å². The Morgan fingerprint density at radius 3 is 2.59 bits per heavy atom. The largest absolute Gasteiger partial charge is 0.493 e. The fourth-order valence-electron chi connectivity index (χ4n) is 3.03. The topological polar surface area (TPSA) is 93.5 Å². The van der Waals surface area contributed by atoms with E-state index in [1.807, 2.05) is 42.5 Å². The van der Waals surface area contributed by atoms with Gasteiger partial charge in [-0.3, -0.25) is 9.59 Å². The van der Waals surface area contributed by atoms with Crippen molar-refractivity contribution in [2.24, 2.45) is 5.73 Å². The molecule has 3 rings (SSSR count). The molecule has 2 amide bonds. The summed E-state index contributed by atoms with van der Waals surface area (Å²) in [5.74, 6) is 0.283. The minimum atomic E-state index is -0.359. The summed E-state index contributed by atoms with van der Waals surface area (Å²) in [5, 5.41) is 5.49. The average molecular weight is 390 g/mol. The molecule has 144 valence electrons. The summed E-state index contributed by atoms with van der Waals surface area (Å²) in [7, 11) is 0. The number of nitrogens with one attached hydrogen (secondary N) is 2. The van der Waals surface area contributed by atoms with E-state index in [0.717, 1.165) is 41.9 Å². The molecular weight excluding hydrogens is 366 g/mol. The van der Waals surface area contributed by atoms with Crippen LogP contribution in [0.5, 0.6) is 5.75 Å². The Bertz CT molecular complexity index is 783. The second-order valence-corrected chi connectivity index (χ2v) is 6.21. The molecule has 0 aliphatic carbocycles. The van der Waals surface area contributed by atoms with E-state index in [4.69, 9.17) is 10.5 Å². The van der Waals surface area contributed by atoms with E-state index in [0.29, 0.717) is 0 Å². The Labute approximate surface area is 164 Å². The lowest BCUT2D eigenvalue weighted by Gasteiger charge is -2.23. The second kappa shape index (κ2) is 9.94. The monoisotopic (exact) mass is 389 g/mol. The average Bonchev–Trinajstić information content (AvgIpc) is 2.70. The van der Waals surface area contributed by atoms with Crippen molar-refractivity contribution in [2.75, 3.05) is 19.7 Å². The zero-order valence-corrected chi connectivity index (χ0v) is 15.8. The van der Waals surface area contributed by atoms with Crippen LogP contribution in [0.2, 0.25) is 0 Å². The summed E-state index contributed by atoms with van der Waals surface area (Å²) in [6, 6.07) is 15.5. The van der Waals surface area contributed by atoms with Gasteiger partial charge in [-0.1, -0.05) is 36.4 Å². The summed E-state index contributed by atoms with van der Waals surface area (Å²) in [5.41, 5.74) is 8.36. The Hall–Kier alpha value is -2.57. The van der Waals surface area contributed by atoms with Gasteiger partial charge in [0, 0.05) is 0 Å². The molecule has 2 aromatic carbocycles. The highest BCUT2D eigenvalue weighted by Gasteiger charge is 2.19. The molecule has 1 heterocycles. The van der Waals surface area contributed by atoms with Crippen molar-refractivity contribution in [1.82, 2.24) is 10.6 Å². The van der Waals surface area contributed by atoms with Crippen LogP contribution in [0.25, 0.3) is 0 Å². The van der Waals surface area contributed by atoms with Gasteiger partial charge in [0.25, 0.3) is 0 Å². The van der Waals surface area contributed by atoms with Crippen LogP contribution < -0.4 is 21.1 Å². The minimum absolute atomic E-state index is 0. The Morgan fingerprint density at radius 2 is 1.85 bits per heavy atom. The number of halogens is 1. The van der Waals surface area contributed by atoms with E-state index in [1.165, 1.54) is 0 Å². The molecule has 0 saturated carbocycles. The molecule has 27 heavy (non-hydrogen) atoms. The number of hydrogen-bond donors (Lipinski definition) is 3. The normalized spacial score (nSPS) is 13.4. The van der Waals surface area contributed by atoms with E-state index in [1.54, 1.807) is 0 Å². The van der Waals surface area contributed by atoms with Gasteiger partial charge in [-0.25, -0.2) is 0 Å². The van der Waals surface area contributed by atoms with E-state index in [-0.39, 0.29) is 43.4 Å². The van der Waals surface area contributed by atoms with Crippen LogP contribution in [0, 0.1) is 0 Å². The van der Waals surface area contributed by atoms with Crippen molar-refractivity contribution in [3.05, 3.63) is 65.2 Å². The van der Waals surface area contributed by atoms with E-state index in [2.05, 4.69) is 16.7 Å². The Kier molecular flexibility index (Phi) is 7.64. The number of ether oxygens (including phenoxy) is 1. The van der Waals surface area contributed by atoms with Gasteiger partial charge in [-0.05, 0) is 41.7 Å². The highest BCUT2D eigenvalue weighted by atomic mass is 35.5. The number of hydrogen-bond acceptors (Lipinski definition) is 4. The molecular formula is C20H24ClN3O3. The molecule has 0 bridgehead atoms. The van der Waals surface area contributed by atoms with Gasteiger partial charge in [-0.2, -0.15) is 0 Å². The molecule has 1 aliphatic heterocycles. The molecule has 2 aromatic rings. The minimum Gasteiger partial charge on any atom is -0.493 e. The number of benzene rings is 2. The first-order valence-electron chi connectivity index (χ1n) is 8.74. The van der Waals surface area contributed by atoms with Crippen molar-refractivity contribution in [3.63, 3.8) is 0 Å². The van der Waals surface area contributed by atoms with E-state index in [9.17, 15) is 9.59 Å². The van der Waals surface area contributed by atoms with E-state index < -0.39 is 0 Å². The standard InChI is InChI=1S/C20H23N3O3.ClH/c21-12-18(24)22-13-19(25)23-20(14-5-2-1-3-6-14)16-8-9-17-15(11-16)7-4-10-26-17;/h1-3,5-6,8-9,11,20H,4,7,10,12-13,21H2,(H,22,24)(H,23,25);1H. The third-order valence-electron chi connectivity index (χ3n) is 4.34. The smallest absolute Gasteiger partial charge is 0.240 e. The second-order valence-electron chi connectivity index (χ2n) is 6.21. The maximum Gasteiger partial charge on any atom is 0.240 e. The van der Waals surface area contributed by atoms with Crippen LogP contribution in [0.3, 0.4) is 0 Å². The van der Waals surface area contributed by atoms with Crippen molar-refractivity contribution >= 4 is 24.2 Å². The zero-order chi connectivity index (χ0) is 18.4. The zero-order valence-electron chi connectivity index (χ0n) is 14.9. The maximum absolute atomic E-state index is 12.3. The molecule has 1 aliphatic rings. The van der Waals surface area contributed by atoms with Crippen molar-refractivity contribution in [3.8, 4) is 5.75 Å². The fraction of sp³-hybridized carbons (Fsp3) is 0.300. The number of carbonyl (C=O) groups excluding carboxylic acids is 2. The first-order valence-corrected chi connectivity index (χ1v) is 8.74. The number of aryl methyl sites for hydroxylation is 1. The maximum atomic E-state index is 12.3. The Morgan fingerprint density at radius 1 is 1.07 bits per heavy atom. The van der Waals surface area contributed by atoms with Gasteiger partial charge in [0.1, 0.15) is 5.75 Å². The third-order valence-corrected chi connectivity index (χ3v) is 4.34. The van der Waals surface area contributed by atoms with Gasteiger partial charge in [-0.15, -0.1) is 12.4 Å². The highest BCUT2D eigenvalue weighted by Crippen LogP contribution is 2.30. The predicted molar refractivity (Wildman–Crippen MR) is 106 cm³/mol. The van der Waals surface area contributed by atoms with Crippen molar-refractivity contribution in [2.45, 2.75) is 18.9 Å². The summed E-state index contributed by atoms with van der Waals surface area (Å²) >= 11 is 0. The lowest BCUT2D eigenvalue weighted by Crippen LogP contribution is -2.41. The van der Waals surface area contributed by atoms with Gasteiger partial charge in [0.05, 0.1) is 25.7 Å². The van der Waals surface area contributed by atoms with E-state index >= 15 is 0 Å². The number of rotatable bonds is 6. The number of amides is 2. The van der Waals surface area contributed by atoms with Crippen LogP contribution in [-0.4, -0.2) is 31.5 Å². The van der Waals surface area contributed by atoms with Gasteiger partial charge >= 0.3 is 0 Å². The van der Waals surface area contributed by atoms with Crippen molar-refractivity contribution < 1.29 is 14.3 Å². The number of carbonyl (C=O) groups is 2. The van der Waals surface area contributed by atoms with Crippen molar-refractivity contribution in [1.29, 1.82) is 0 Å². The SMILES string of the molecule is Cl.NCC(=O)NCC(=O)NC(c1ccccc1)c1ccc2c(c1)CCCO2. The molecule has 0 radical (unpaired) electrons. The molecule has 4 N–H and O–H groups in total. The summed E-state index contributed by atoms with van der Waals surface area (Å²) in [6.45, 7) is 0.500. The molecule has 0 saturated heterocycles. The first-order chi connectivity index (χ1) is 12.7. The number of nitrogens with two attached hydrogens (primary N) is 1. The lowest BCUT2D eigenvalue weighted by molar-refractivity contribution is -0.125. The Balaban J connectivity index is 0.00000261. The van der Waals surface area contributed by atoms with Crippen LogP contribution >= 0.6 is 12.4 Å². The highest BCUT2D eigenvalue weighted by molar-refractivity contribution is 5.86. The first kappa shape index (κ1) is 20.7. The molecule has 1 atom stereocenters. The van der Waals surface area contributed by atoms with Crippen LogP contribution in [0.4, 0.5) is 0 Å². The third kappa shape index (κ3) is 5.45. The molecule has 0 aromatic heterocycles. The molecule has 0 fully saturated rings. The molecule has 6 nitrogen and oxygen atoms in total. The summed E-state index contributed by atoms with van der Waals surface area (Å²) in [6.07, 6.45) is 1.95. The molecule has 7 heteroatoms.